The van der Waals surface area contributed by atoms with E-state index in [0.29, 0.717) is 17.9 Å². The molecule has 1 amide bonds. The first-order valence-electron chi connectivity index (χ1n) is 10.6. The van der Waals surface area contributed by atoms with Crippen LogP contribution in [0.15, 0.2) is 47.1 Å². The summed E-state index contributed by atoms with van der Waals surface area (Å²) in [6.07, 6.45) is 9.75. The monoisotopic (exact) mass is 393 g/mol. The summed E-state index contributed by atoms with van der Waals surface area (Å²) in [5.74, 6) is 3.61. The summed E-state index contributed by atoms with van der Waals surface area (Å²) in [5.41, 5.74) is 0.482. The summed E-state index contributed by atoms with van der Waals surface area (Å²) in [7, 11) is 0. The molecular formula is C24H27NO4. The second kappa shape index (κ2) is 7.36. The van der Waals surface area contributed by atoms with Crippen LogP contribution in [-0.2, 0) is 11.3 Å². The van der Waals surface area contributed by atoms with Crippen molar-refractivity contribution in [3.05, 3.63) is 54.0 Å². The summed E-state index contributed by atoms with van der Waals surface area (Å²) in [4.78, 5) is 26.5. The molecule has 0 unspecified atom stereocenters. The van der Waals surface area contributed by atoms with E-state index in [1.165, 1.54) is 19.3 Å². The first-order chi connectivity index (χ1) is 14.1. The van der Waals surface area contributed by atoms with Gasteiger partial charge in [-0.2, -0.15) is 0 Å². The van der Waals surface area contributed by atoms with Gasteiger partial charge in [0.05, 0.1) is 12.8 Å². The molecule has 0 radical (unpaired) electrons. The van der Waals surface area contributed by atoms with Crippen molar-refractivity contribution < 1.29 is 18.7 Å². The fourth-order valence-electron chi connectivity index (χ4n) is 6.37. The lowest BCUT2D eigenvalue weighted by atomic mass is 9.52. The van der Waals surface area contributed by atoms with E-state index in [-0.39, 0.29) is 18.1 Å². The Morgan fingerprint density at radius 2 is 1.83 bits per heavy atom. The molecule has 4 fully saturated rings. The highest BCUT2D eigenvalue weighted by Gasteiger charge is 2.54. The van der Waals surface area contributed by atoms with Gasteiger partial charge in [-0.15, -0.1) is 0 Å². The Labute approximate surface area is 171 Å². The first-order valence-corrected chi connectivity index (χ1v) is 10.6. The SMILES string of the molecule is O=Cc1cccc(OCC(=O)N(Cc2ccco2)C23CC4CC(CC(C4)C2)C3)c1. The number of rotatable bonds is 7. The second-order valence-corrected chi connectivity index (χ2v) is 9.18. The van der Waals surface area contributed by atoms with Gasteiger partial charge < -0.3 is 14.1 Å². The molecule has 4 aliphatic rings. The van der Waals surface area contributed by atoms with Crippen LogP contribution in [0.5, 0.6) is 5.75 Å². The van der Waals surface area contributed by atoms with Crippen LogP contribution in [0, 0.1) is 17.8 Å². The van der Waals surface area contributed by atoms with Crippen molar-refractivity contribution in [2.75, 3.05) is 6.61 Å². The standard InChI is InChI=1S/C24H27NO4/c26-15-17-3-1-4-21(10-17)29-16-23(27)25(14-22-5-2-6-28-22)24-11-18-7-19(12-24)9-20(8-18)13-24/h1-6,10,15,18-20H,7-9,11-14,16H2. The number of carbonyl (C=O) groups is 2. The Kier molecular flexibility index (Phi) is 4.69. The predicted molar refractivity (Wildman–Crippen MR) is 107 cm³/mol. The van der Waals surface area contributed by atoms with Crippen molar-refractivity contribution in [1.29, 1.82) is 0 Å². The number of hydrogen-bond donors (Lipinski definition) is 0. The van der Waals surface area contributed by atoms with Gasteiger partial charge in [0.15, 0.2) is 6.61 Å². The highest BCUT2D eigenvalue weighted by molar-refractivity contribution is 5.79. The molecule has 1 heterocycles. The molecule has 0 N–H and O–H groups in total. The van der Waals surface area contributed by atoms with Crippen molar-refractivity contribution in [1.82, 2.24) is 4.90 Å². The number of nitrogens with zero attached hydrogens (tertiary/aromatic N) is 1. The number of amides is 1. The van der Waals surface area contributed by atoms with Crippen LogP contribution >= 0.6 is 0 Å². The molecule has 4 bridgehead atoms. The van der Waals surface area contributed by atoms with E-state index in [0.717, 1.165) is 49.1 Å². The zero-order valence-corrected chi connectivity index (χ0v) is 16.6. The summed E-state index contributed by atoms with van der Waals surface area (Å²) in [6.45, 7) is 0.473. The topological polar surface area (TPSA) is 59.8 Å². The van der Waals surface area contributed by atoms with Crippen LogP contribution in [0.1, 0.15) is 54.6 Å². The van der Waals surface area contributed by atoms with Crippen molar-refractivity contribution in [2.45, 2.75) is 50.6 Å². The fourth-order valence-corrected chi connectivity index (χ4v) is 6.37. The summed E-state index contributed by atoms with van der Waals surface area (Å²) < 4.78 is 11.4. The Morgan fingerprint density at radius 3 is 2.45 bits per heavy atom. The average Bonchev–Trinajstić information content (AvgIpc) is 3.23. The molecule has 0 atom stereocenters. The van der Waals surface area contributed by atoms with E-state index in [2.05, 4.69) is 4.90 Å². The van der Waals surface area contributed by atoms with Crippen molar-refractivity contribution >= 4 is 12.2 Å². The molecular weight excluding hydrogens is 366 g/mol. The quantitative estimate of drug-likeness (QED) is 0.651. The number of carbonyl (C=O) groups excluding carboxylic acids is 2. The van der Waals surface area contributed by atoms with Gasteiger partial charge in [-0.1, -0.05) is 12.1 Å². The lowest BCUT2D eigenvalue weighted by molar-refractivity contribution is -0.155. The van der Waals surface area contributed by atoms with E-state index in [1.807, 2.05) is 12.1 Å². The van der Waals surface area contributed by atoms with E-state index in [4.69, 9.17) is 9.15 Å². The molecule has 0 aliphatic heterocycles. The number of benzene rings is 1. The lowest BCUT2D eigenvalue weighted by Gasteiger charge is -2.60. The van der Waals surface area contributed by atoms with Gasteiger partial charge in [0, 0.05) is 11.1 Å². The average molecular weight is 393 g/mol. The number of ether oxygens (including phenoxy) is 1. The van der Waals surface area contributed by atoms with E-state index >= 15 is 0 Å². The third-order valence-electron chi connectivity index (χ3n) is 7.13. The summed E-state index contributed by atoms with van der Waals surface area (Å²) in [5, 5.41) is 0. The highest BCUT2D eigenvalue weighted by atomic mass is 16.5. The molecule has 4 saturated carbocycles. The van der Waals surface area contributed by atoms with Crippen LogP contribution in [0.4, 0.5) is 0 Å². The zero-order chi connectivity index (χ0) is 19.8. The minimum Gasteiger partial charge on any atom is -0.484 e. The van der Waals surface area contributed by atoms with Crippen LogP contribution in [0.3, 0.4) is 0 Å². The molecule has 6 rings (SSSR count). The third kappa shape index (κ3) is 3.59. The van der Waals surface area contributed by atoms with Gasteiger partial charge in [0.25, 0.3) is 5.91 Å². The number of hydrogen-bond acceptors (Lipinski definition) is 4. The molecule has 5 nitrogen and oxygen atoms in total. The largest absolute Gasteiger partial charge is 0.484 e. The maximum atomic E-state index is 13.4. The number of furan rings is 1. The molecule has 152 valence electrons. The Bertz CT molecular complexity index is 853. The minimum absolute atomic E-state index is 0.000133. The zero-order valence-electron chi connectivity index (χ0n) is 16.6. The smallest absolute Gasteiger partial charge is 0.261 e. The highest BCUT2D eigenvalue weighted by Crippen LogP contribution is 2.58. The van der Waals surface area contributed by atoms with Gasteiger partial charge in [-0.05, 0) is 80.5 Å². The minimum atomic E-state index is -0.0629. The first kappa shape index (κ1) is 18.5. The normalized spacial score (nSPS) is 29.6. The van der Waals surface area contributed by atoms with Crippen LogP contribution in [0.2, 0.25) is 0 Å². The third-order valence-corrected chi connectivity index (χ3v) is 7.13. The molecule has 29 heavy (non-hydrogen) atoms. The fraction of sp³-hybridized carbons (Fsp3) is 0.500. The van der Waals surface area contributed by atoms with Gasteiger partial charge in [-0.3, -0.25) is 9.59 Å². The van der Waals surface area contributed by atoms with Crippen molar-refractivity contribution in [3.8, 4) is 5.75 Å². The van der Waals surface area contributed by atoms with E-state index in [9.17, 15) is 9.59 Å². The van der Waals surface area contributed by atoms with Crippen LogP contribution in [-0.4, -0.2) is 29.2 Å². The molecule has 0 saturated heterocycles. The molecule has 4 aliphatic carbocycles. The van der Waals surface area contributed by atoms with Gasteiger partial charge in [0.2, 0.25) is 0 Å². The molecule has 2 aromatic rings. The van der Waals surface area contributed by atoms with E-state index < -0.39 is 0 Å². The molecule has 0 spiro atoms. The molecule has 5 heteroatoms. The molecule has 1 aromatic heterocycles. The lowest BCUT2D eigenvalue weighted by Crippen LogP contribution is -2.61. The Morgan fingerprint density at radius 1 is 1.10 bits per heavy atom. The number of aldehydes is 1. The maximum Gasteiger partial charge on any atom is 0.261 e. The summed E-state index contributed by atoms with van der Waals surface area (Å²) >= 11 is 0. The van der Waals surface area contributed by atoms with Gasteiger partial charge >= 0.3 is 0 Å². The maximum absolute atomic E-state index is 13.4. The van der Waals surface area contributed by atoms with E-state index in [1.54, 1.807) is 30.5 Å². The van der Waals surface area contributed by atoms with Crippen LogP contribution in [0.25, 0.3) is 0 Å². The van der Waals surface area contributed by atoms with Gasteiger partial charge in [-0.25, -0.2) is 0 Å². The van der Waals surface area contributed by atoms with Crippen molar-refractivity contribution in [3.63, 3.8) is 0 Å². The Balaban J connectivity index is 1.37. The second-order valence-electron chi connectivity index (χ2n) is 9.18. The van der Waals surface area contributed by atoms with Crippen molar-refractivity contribution in [2.24, 2.45) is 17.8 Å². The molecule has 1 aromatic carbocycles. The van der Waals surface area contributed by atoms with Gasteiger partial charge in [0.1, 0.15) is 17.8 Å². The Hall–Kier alpha value is -2.56. The van der Waals surface area contributed by atoms with Crippen LogP contribution < -0.4 is 4.74 Å². The summed E-state index contributed by atoms with van der Waals surface area (Å²) in [6, 6.07) is 10.8. The predicted octanol–water partition coefficient (Wildman–Crippen LogP) is 4.47.